The van der Waals surface area contributed by atoms with Crippen molar-refractivity contribution in [2.24, 2.45) is 0 Å². The highest BCUT2D eigenvalue weighted by molar-refractivity contribution is 6.52. The van der Waals surface area contributed by atoms with Gasteiger partial charge in [-0.15, -0.1) is 0 Å². The number of hydrogen-bond acceptors (Lipinski definition) is 5. The first-order chi connectivity index (χ1) is 17.8. The predicted octanol–water partition coefficient (Wildman–Crippen LogP) is 6.43. The lowest BCUT2D eigenvalue weighted by Crippen LogP contribution is -2.29. The Hall–Kier alpha value is -3.94. The molecule has 1 amide bonds. The number of H-pyrrole nitrogens is 1. The number of ether oxygens (including phenoxy) is 2. The number of Topliss-reactive ketones (excluding diaryl/α,β-unsaturated/α-hetero) is 1. The molecule has 188 valence electrons. The van der Waals surface area contributed by atoms with Crippen molar-refractivity contribution in [3.05, 3.63) is 93.1 Å². The fraction of sp³-hybridized carbons (Fsp3) is 0.143. The van der Waals surface area contributed by atoms with Crippen molar-refractivity contribution in [1.82, 2.24) is 4.98 Å². The number of hydrogen-bond donors (Lipinski definition) is 2. The molecule has 0 spiro atoms. The average molecular weight is 537 g/mol. The number of methoxy groups -OCH3 is 2. The van der Waals surface area contributed by atoms with Crippen LogP contribution in [0.5, 0.6) is 11.5 Å². The maximum absolute atomic E-state index is 13.6. The summed E-state index contributed by atoms with van der Waals surface area (Å²) in [5, 5.41) is 13.1. The summed E-state index contributed by atoms with van der Waals surface area (Å²) in [5.41, 5.74) is 2.74. The molecule has 1 aliphatic heterocycles. The zero-order valence-corrected chi connectivity index (χ0v) is 21.6. The van der Waals surface area contributed by atoms with Gasteiger partial charge in [-0.25, -0.2) is 0 Å². The normalized spacial score (nSPS) is 17.0. The number of anilines is 1. The molecule has 0 aliphatic carbocycles. The minimum Gasteiger partial charge on any atom is -0.507 e. The van der Waals surface area contributed by atoms with Crippen molar-refractivity contribution in [3.63, 3.8) is 0 Å². The van der Waals surface area contributed by atoms with Crippen LogP contribution in [0.4, 0.5) is 5.69 Å². The number of ketones is 1. The first-order valence-electron chi connectivity index (χ1n) is 11.3. The number of nitrogens with zero attached hydrogens (tertiary/aromatic N) is 1. The van der Waals surface area contributed by atoms with E-state index in [1.54, 1.807) is 24.3 Å². The van der Waals surface area contributed by atoms with Crippen molar-refractivity contribution in [2.45, 2.75) is 13.0 Å². The largest absolute Gasteiger partial charge is 0.507 e. The van der Waals surface area contributed by atoms with Crippen LogP contribution in [-0.4, -0.2) is 36.0 Å². The molecule has 1 aromatic heterocycles. The summed E-state index contributed by atoms with van der Waals surface area (Å²) in [6, 6.07) is 16.2. The highest BCUT2D eigenvalue weighted by Gasteiger charge is 2.48. The molecule has 1 unspecified atom stereocenters. The molecule has 1 fully saturated rings. The maximum atomic E-state index is 13.6. The smallest absolute Gasteiger partial charge is 0.300 e. The van der Waals surface area contributed by atoms with Gasteiger partial charge in [-0.3, -0.25) is 14.5 Å². The molecule has 3 aromatic carbocycles. The average Bonchev–Trinajstić information content (AvgIpc) is 3.35. The minimum atomic E-state index is -0.957. The number of halogens is 2. The van der Waals surface area contributed by atoms with E-state index in [4.69, 9.17) is 32.7 Å². The molecule has 1 aliphatic rings. The molecule has 5 rings (SSSR count). The van der Waals surface area contributed by atoms with Crippen LogP contribution in [0, 0.1) is 6.92 Å². The fourth-order valence-electron chi connectivity index (χ4n) is 4.84. The Balaban J connectivity index is 1.85. The second-order valence-electron chi connectivity index (χ2n) is 8.55. The lowest BCUT2D eigenvalue weighted by Gasteiger charge is -2.26. The summed E-state index contributed by atoms with van der Waals surface area (Å²) in [6.07, 6.45) is 0. The standard InChI is InChI=1S/C28H22Cl2N2O5/c1-14-23(17-9-4-5-10-20(17)31-14)25-24(26(33)18-12-22(37-3)19(30)13-21(18)36-2)27(34)28(35)32(25)16-8-6-7-15(29)11-16/h4-13,25,31,33H,1-3H3/b26-24+. The van der Waals surface area contributed by atoms with Crippen LogP contribution in [0.25, 0.3) is 16.7 Å². The Kier molecular flexibility index (Phi) is 6.35. The summed E-state index contributed by atoms with van der Waals surface area (Å²) in [6.45, 7) is 1.86. The molecule has 2 N–H and O–H groups in total. The number of aromatic nitrogens is 1. The van der Waals surface area contributed by atoms with Gasteiger partial charge in [0.15, 0.2) is 0 Å². The summed E-state index contributed by atoms with van der Waals surface area (Å²) in [5.74, 6) is -1.56. The van der Waals surface area contributed by atoms with E-state index in [1.807, 2.05) is 31.2 Å². The molecule has 0 bridgehead atoms. The van der Waals surface area contributed by atoms with Gasteiger partial charge < -0.3 is 19.6 Å². The van der Waals surface area contributed by atoms with E-state index >= 15 is 0 Å². The highest BCUT2D eigenvalue weighted by atomic mass is 35.5. The third-order valence-electron chi connectivity index (χ3n) is 6.48. The minimum absolute atomic E-state index is 0.0968. The molecule has 1 atom stereocenters. The van der Waals surface area contributed by atoms with Crippen molar-refractivity contribution in [2.75, 3.05) is 19.1 Å². The molecule has 37 heavy (non-hydrogen) atoms. The SMILES string of the molecule is COc1cc(/C(O)=C2\C(=O)C(=O)N(c3cccc(Cl)c3)C2c2c(C)[nH]c3ccccc23)c(OC)cc1Cl. The van der Waals surface area contributed by atoms with Crippen LogP contribution in [0.2, 0.25) is 10.0 Å². The van der Waals surface area contributed by atoms with Gasteiger partial charge in [-0.1, -0.05) is 47.5 Å². The van der Waals surface area contributed by atoms with Gasteiger partial charge in [0.2, 0.25) is 0 Å². The number of aryl methyl sites for hydroxylation is 1. The number of rotatable bonds is 5. The number of fused-ring (bicyclic) bond motifs is 1. The molecule has 7 nitrogen and oxygen atoms in total. The van der Waals surface area contributed by atoms with Crippen molar-refractivity contribution in [3.8, 4) is 11.5 Å². The van der Waals surface area contributed by atoms with Gasteiger partial charge in [-0.05, 0) is 37.3 Å². The first-order valence-corrected chi connectivity index (χ1v) is 12.1. The number of amides is 1. The lowest BCUT2D eigenvalue weighted by atomic mass is 9.93. The second kappa shape index (κ2) is 9.50. The number of aliphatic hydroxyl groups excluding tert-OH is 1. The number of aliphatic hydroxyl groups is 1. The Morgan fingerprint density at radius 2 is 1.70 bits per heavy atom. The van der Waals surface area contributed by atoms with E-state index in [9.17, 15) is 14.7 Å². The van der Waals surface area contributed by atoms with E-state index in [-0.39, 0.29) is 27.7 Å². The van der Waals surface area contributed by atoms with Gasteiger partial charge in [0.1, 0.15) is 17.3 Å². The highest BCUT2D eigenvalue weighted by Crippen LogP contribution is 2.47. The third-order valence-corrected chi connectivity index (χ3v) is 7.01. The molecule has 0 radical (unpaired) electrons. The predicted molar refractivity (Wildman–Crippen MR) is 144 cm³/mol. The fourth-order valence-corrected chi connectivity index (χ4v) is 5.25. The van der Waals surface area contributed by atoms with E-state index in [2.05, 4.69) is 4.98 Å². The number of benzene rings is 3. The van der Waals surface area contributed by atoms with Gasteiger partial charge in [0, 0.05) is 38.9 Å². The molecule has 0 saturated carbocycles. The molecule has 2 heterocycles. The molecular weight excluding hydrogens is 515 g/mol. The van der Waals surface area contributed by atoms with Crippen LogP contribution in [0.1, 0.15) is 22.9 Å². The van der Waals surface area contributed by atoms with Crippen LogP contribution >= 0.6 is 23.2 Å². The maximum Gasteiger partial charge on any atom is 0.300 e. The Labute approximate surface area is 222 Å². The van der Waals surface area contributed by atoms with E-state index in [0.29, 0.717) is 16.3 Å². The number of carbonyl (C=O) groups is 2. The summed E-state index contributed by atoms with van der Waals surface area (Å²) in [4.78, 5) is 31.8. The van der Waals surface area contributed by atoms with Crippen LogP contribution in [-0.2, 0) is 9.59 Å². The van der Waals surface area contributed by atoms with Crippen LogP contribution in [0.3, 0.4) is 0 Å². The molecule has 4 aromatic rings. The Morgan fingerprint density at radius 1 is 0.973 bits per heavy atom. The second-order valence-corrected chi connectivity index (χ2v) is 9.39. The van der Waals surface area contributed by atoms with E-state index < -0.39 is 23.5 Å². The number of nitrogens with one attached hydrogen (secondary N) is 1. The zero-order valence-electron chi connectivity index (χ0n) is 20.1. The van der Waals surface area contributed by atoms with Crippen LogP contribution < -0.4 is 14.4 Å². The van der Waals surface area contributed by atoms with Gasteiger partial charge in [0.25, 0.3) is 11.7 Å². The van der Waals surface area contributed by atoms with E-state index in [0.717, 1.165) is 16.6 Å². The summed E-state index contributed by atoms with van der Waals surface area (Å²) in [7, 11) is 2.85. The summed E-state index contributed by atoms with van der Waals surface area (Å²) < 4.78 is 10.8. The number of carbonyl (C=O) groups excluding carboxylic acids is 2. The number of aromatic amines is 1. The third kappa shape index (κ3) is 4.00. The quantitative estimate of drug-likeness (QED) is 0.174. The lowest BCUT2D eigenvalue weighted by molar-refractivity contribution is -0.132. The molecular formula is C28H22Cl2N2O5. The monoisotopic (exact) mass is 536 g/mol. The van der Waals surface area contributed by atoms with Gasteiger partial charge in [0.05, 0.1) is 36.4 Å². The number of para-hydroxylation sites is 1. The zero-order chi connectivity index (χ0) is 26.4. The van der Waals surface area contributed by atoms with Gasteiger partial charge >= 0.3 is 0 Å². The van der Waals surface area contributed by atoms with Gasteiger partial charge in [-0.2, -0.15) is 0 Å². The van der Waals surface area contributed by atoms with Crippen LogP contribution in [0.15, 0.2) is 66.2 Å². The van der Waals surface area contributed by atoms with Crippen molar-refractivity contribution in [1.29, 1.82) is 0 Å². The molecule has 1 saturated heterocycles. The topological polar surface area (TPSA) is 91.9 Å². The van der Waals surface area contributed by atoms with Crippen molar-refractivity contribution >= 4 is 57.2 Å². The van der Waals surface area contributed by atoms with Crippen molar-refractivity contribution < 1.29 is 24.2 Å². The first kappa shape index (κ1) is 24.7. The molecule has 9 heteroatoms. The Bertz CT molecular complexity index is 1610. The Morgan fingerprint density at radius 3 is 2.41 bits per heavy atom. The summed E-state index contributed by atoms with van der Waals surface area (Å²) >= 11 is 12.5. The van der Waals surface area contributed by atoms with E-state index in [1.165, 1.54) is 31.3 Å².